The Hall–Kier alpha value is -2.16. The lowest BCUT2D eigenvalue weighted by molar-refractivity contribution is 0.618. The van der Waals surface area contributed by atoms with E-state index in [0.29, 0.717) is 12.1 Å². The molecule has 96 valence electrons. The molecule has 0 fully saturated rings. The fraction of sp³-hybridized carbons (Fsp3) is 0.188. The van der Waals surface area contributed by atoms with Gasteiger partial charge in [-0.15, -0.1) is 0 Å². The molecule has 0 saturated carbocycles. The van der Waals surface area contributed by atoms with Crippen molar-refractivity contribution in [3.8, 4) is 0 Å². The van der Waals surface area contributed by atoms with E-state index in [-0.39, 0.29) is 5.82 Å². The number of rotatable bonds is 2. The van der Waals surface area contributed by atoms with E-state index >= 15 is 0 Å². The van der Waals surface area contributed by atoms with E-state index in [4.69, 9.17) is 0 Å². The highest BCUT2D eigenvalue weighted by molar-refractivity contribution is 5.79. The second-order valence-electron chi connectivity index (χ2n) is 4.89. The van der Waals surface area contributed by atoms with Crippen molar-refractivity contribution in [3.63, 3.8) is 0 Å². The topological polar surface area (TPSA) is 17.8 Å². The summed E-state index contributed by atoms with van der Waals surface area (Å²) >= 11 is 0. The first-order valence-electron chi connectivity index (χ1n) is 6.31. The molecule has 2 nitrogen and oxygen atoms in total. The van der Waals surface area contributed by atoms with Gasteiger partial charge in [0.15, 0.2) is 0 Å². The maximum absolute atomic E-state index is 13.7. The van der Waals surface area contributed by atoms with Crippen molar-refractivity contribution in [2.75, 3.05) is 0 Å². The van der Waals surface area contributed by atoms with Gasteiger partial charge >= 0.3 is 0 Å². The Morgan fingerprint density at radius 3 is 2.68 bits per heavy atom. The summed E-state index contributed by atoms with van der Waals surface area (Å²) < 4.78 is 15.5. The molecule has 0 saturated heterocycles. The summed E-state index contributed by atoms with van der Waals surface area (Å²) in [7, 11) is 0. The molecule has 0 bridgehead atoms. The minimum Gasteiger partial charge on any atom is -0.260 e. The zero-order valence-corrected chi connectivity index (χ0v) is 11.0. The minimum absolute atomic E-state index is 0.181. The molecular formula is C16H15FN2. The molecule has 1 heterocycles. The molecule has 0 atom stereocenters. The first-order chi connectivity index (χ1) is 9.15. The van der Waals surface area contributed by atoms with Gasteiger partial charge in [-0.25, -0.2) is 4.39 Å². The first-order valence-corrected chi connectivity index (χ1v) is 6.31. The summed E-state index contributed by atoms with van der Waals surface area (Å²) in [6.07, 6.45) is 1.79. The van der Waals surface area contributed by atoms with E-state index in [1.165, 1.54) is 11.1 Å². The summed E-state index contributed by atoms with van der Waals surface area (Å²) in [6, 6.07) is 11.6. The lowest BCUT2D eigenvalue weighted by Gasteiger charge is -2.07. The quantitative estimate of drug-likeness (QED) is 0.679. The van der Waals surface area contributed by atoms with Crippen LogP contribution in [0.3, 0.4) is 0 Å². The molecule has 3 rings (SSSR count). The lowest BCUT2D eigenvalue weighted by Crippen LogP contribution is -2.03. The van der Waals surface area contributed by atoms with Gasteiger partial charge < -0.3 is 0 Å². The van der Waals surface area contributed by atoms with Crippen LogP contribution in [0.2, 0.25) is 0 Å². The van der Waals surface area contributed by atoms with Gasteiger partial charge in [0.25, 0.3) is 0 Å². The zero-order chi connectivity index (χ0) is 13.4. The third kappa shape index (κ3) is 2.12. The van der Waals surface area contributed by atoms with Crippen molar-refractivity contribution in [2.24, 2.45) is 0 Å². The van der Waals surface area contributed by atoms with E-state index < -0.39 is 0 Å². The highest BCUT2D eigenvalue weighted by atomic mass is 19.1. The highest BCUT2D eigenvalue weighted by Gasteiger charge is 2.08. The average Bonchev–Trinajstić information content (AvgIpc) is 2.76. The van der Waals surface area contributed by atoms with Crippen LogP contribution in [-0.4, -0.2) is 9.78 Å². The van der Waals surface area contributed by atoms with Crippen LogP contribution in [0, 0.1) is 19.7 Å². The molecule has 0 N–H and O–H groups in total. The molecule has 0 aliphatic heterocycles. The summed E-state index contributed by atoms with van der Waals surface area (Å²) in [5.74, 6) is -0.181. The minimum atomic E-state index is -0.181. The molecule has 3 heteroatoms. The van der Waals surface area contributed by atoms with Gasteiger partial charge in [-0.1, -0.05) is 24.3 Å². The van der Waals surface area contributed by atoms with Crippen LogP contribution in [0.15, 0.2) is 42.6 Å². The Balaban J connectivity index is 2.07. The number of aromatic nitrogens is 2. The normalized spacial score (nSPS) is 11.1. The Morgan fingerprint density at radius 1 is 1.11 bits per heavy atom. The molecule has 0 unspecified atom stereocenters. The number of fused-ring (bicyclic) bond motifs is 1. The molecule has 0 radical (unpaired) electrons. The van der Waals surface area contributed by atoms with Crippen LogP contribution in [0.25, 0.3) is 10.9 Å². The number of hydrogen-bond acceptors (Lipinski definition) is 1. The van der Waals surface area contributed by atoms with Gasteiger partial charge in [0.1, 0.15) is 5.82 Å². The van der Waals surface area contributed by atoms with Crippen molar-refractivity contribution in [2.45, 2.75) is 20.4 Å². The van der Waals surface area contributed by atoms with Crippen molar-refractivity contribution in [3.05, 3.63) is 65.1 Å². The number of nitrogens with zero attached hydrogens (tertiary/aromatic N) is 2. The largest absolute Gasteiger partial charge is 0.260 e. The predicted octanol–water partition coefficient (Wildman–Crippen LogP) is 3.84. The van der Waals surface area contributed by atoms with E-state index in [1.807, 2.05) is 22.9 Å². The summed E-state index contributed by atoms with van der Waals surface area (Å²) in [5, 5.41) is 5.34. The second kappa shape index (κ2) is 4.50. The molecule has 0 spiro atoms. The summed E-state index contributed by atoms with van der Waals surface area (Å²) in [4.78, 5) is 0. The van der Waals surface area contributed by atoms with Gasteiger partial charge in [-0.3, -0.25) is 4.68 Å². The van der Waals surface area contributed by atoms with Gasteiger partial charge in [0.2, 0.25) is 0 Å². The van der Waals surface area contributed by atoms with Gasteiger partial charge in [-0.05, 0) is 36.6 Å². The Bertz CT molecular complexity index is 744. The predicted molar refractivity (Wildman–Crippen MR) is 74.7 cm³/mol. The molecule has 19 heavy (non-hydrogen) atoms. The molecule has 0 aliphatic carbocycles. The molecular weight excluding hydrogens is 239 g/mol. The number of hydrogen-bond donors (Lipinski definition) is 0. The Labute approximate surface area is 111 Å². The standard InChI is InChI=1S/C16H15FN2/c1-11-5-3-4-6-13(11)10-19-16-8-15(17)12(2)7-14(16)9-18-19/h3-9H,10H2,1-2H3. The van der Waals surface area contributed by atoms with E-state index in [2.05, 4.69) is 24.2 Å². The smallest absolute Gasteiger partial charge is 0.128 e. The van der Waals surface area contributed by atoms with Crippen molar-refractivity contribution in [1.82, 2.24) is 9.78 Å². The number of benzene rings is 2. The van der Waals surface area contributed by atoms with Crippen molar-refractivity contribution < 1.29 is 4.39 Å². The van der Waals surface area contributed by atoms with Crippen LogP contribution in [0.1, 0.15) is 16.7 Å². The van der Waals surface area contributed by atoms with Crippen molar-refractivity contribution in [1.29, 1.82) is 0 Å². The third-order valence-electron chi connectivity index (χ3n) is 3.50. The maximum Gasteiger partial charge on any atom is 0.128 e. The summed E-state index contributed by atoms with van der Waals surface area (Å²) in [6.45, 7) is 4.51. The first kappa shape index (κ1) is 11.9. The zero-order valence-electron chi connectivity index (χ0n) is 11.0. The van der Waals surface area contributed by atoms with Gasteiger partial charge in [0, 0.05) is 11.5 Å². The van der Waals surface area contributed by atoms with Crippen LogP contribution in [0.4, 0.5) is 4.39 Å². The molecule has 0 amide bonds. The highest BCUT2D eigenvalue weighted by Crippen LogP contribution is 2.20. The SMILES string of the molecule is Cc1cc2cnn(Cc3ccccc3C)c2cc1F. The van der Waals surface area contributed by atoms with Gasteiger partial charge in [0.05, 0.1) is 18.3 Å². The van der Waals surface area contributed by atoms with Crippen LogP contribution in [-0.2, 0) is 6.54 Å². The number of halogens is 1. The Morgan fingerprint density at radius 2 is 1.89 bits per heavy atom. The third-order valence-corrected chi connectivity index (χ3v) is 3.50. The van der Waals surface area contributed by atoms with Crippen LogP contribution in [0.5, 0.6) is 0 Å². The maximum atomic E-state index is 13.7. The average molecular weight is 254 g/mol. The van der Waals surface area contributed by atoms with E-state index in [9.17, 15) is 4.39 Å². The van der Waals surface area contributed by atoms with E-state index in [1.54, 1.807) is 19.2 Å². The second-order valence-corrected chi connectivity index (χ2v) is 4.89. The van der Waals surface area contributed by atoms with Crippen molar-refractivity contribution >= 4 is 10.9 Å². The monoisotopic (exact) mass is 254 g/mol. The van der Waals surface area contributed by atoms with Gasteiger partial charge in [-0.2, -0.15) is 5.10 Å². The van der Waals surface area contributed by atoms with Crippen LogP contribution < -0.4 is 0 Å². The number of aryl methyl sites for hydroxylation is 2. The fourth-order valence-corrected chi connectivity index (χ4v) is 2.29. The molecule has 3 aromatic rings. The molecule has 2 aromatic carbocycles. The molecule has 1 aromatic heterocycles. The lowest BCUT2D eigenvalue weighted by atomic mass is 10.1. The van der Waals surface area contributed by atoms with E-state index in [0.717, 1.165) is 10.9 Å². The molecule has 0 aliphatic rings. The Kier molecular flexibility index (Phi) is 2.82. The summed E-state index contributed by atoms with van der Waals surface area (Å²) in [5.41, 5.74) is 3.92. The fourth-order valence-electron chi connectivity index (χ4n) is 2.29. The van der Waals surface area contributed by atoms with Crippen LogP contribution >= 0.6 is 0 Å².